The number of halogens is 2. The summed E-state index contributed by atoms with van der Waals surface area (Å²) >= 11 is 0. The highest BCUT2D eigenvalue weighted by molar-refractivity contribution is 6.08. The number of hydrogen-bond acceptors (Lipinski definition) is 4. The Morgan fingerprint density at radius 3 is 2.70 bits per heavy atom. The maximum Gasteiger partial charge on any atom is 0.281 e. The van der Waals surface area contributed by atoms with Crippen LogP contribution in [0.5, 0.6) is 5.75 Å². The van der Waals surface area contributed by atoms with Crippen molar-refractivity contribution in [2.75, 3.05) is 11.5 Å². The molecule has 0 radical (unpaired) electrons. The van der Waals surface area contributed by atoms with Crippen LogP contribution >= 0.6 is 0 Å². The molecule has 0 aliphatic carbocycles. The average Bonchev–Trinajstić information content (AvgIpc) is 3.13. The molecule has 3 aromatic rings. The van der Waals surface area contributed by atoms with E-state index in [1.54, 1.807) is 36.4 Å². The van der Waals surface area contributed by atoms with E-state index in [4.69, 9.17) is 4.74 Å². The number of alkyl halides is 2. The first kappa shape index (κ1) is 17.1. The predicted molar refractivity (Wildman–Crippen MR) is 94.5 cm³/mol. The lowest BCUT2D eigenvalue weighted by Crippen LogP contribution is -2.45. The van der Waals surface area contributed by atoms with Crippen molar-refractivity contribution in [1.29, 1.82) is 0 Å². The number of pyridine rings is 1. The van der Waals surface area contributed by atoms with Crippen LogP contribution in [0.4, 0.5) is 14.5 Å². The molecule has 1 aliphatic rings. The third kappa shape index (κ3) is 2.92. The topological polar surface area (TPSA) is 60.2 Å². The summed E-state index contributed by atoms with van der Waals surface area (Å²) in [6.45, 7) is 2.09. The maximum atomic E-state index is 13.9. The molecule has 0 saturated carbocycles. The molecule has 3 heterocycles. The molecule has 6 nitrogen and oxygen atoms in total. The van der Waals surface area contributed by atoms with E-state index >= 15 is 0 Å². The molecule has 8 heteroatoms. The molecule has 1 atom stereocenters. The number of hydrogen-bond donors (Lipinski definition) is 0. The largest absolute Gasteiger partial charge is 0.489 e. The van der Waals surface area contributed by atoms with Crippen molar-refractivity contribution >= 4 is 11.6 Å². The molecule has 0 N–H and O–H groups in total. The van der Waals surface area contributed by atoms with Crippen LogP contribution in [-0.2, 0) is 0 Å². The Labute approximate surface area is 154 Å². The maximum absolute atomic E-state index is 13.9. The van der Waals surface area contributed by atoms with E-state index in [1.807, 2.05) is 6.92 Å². The fourth-order valence-electron chi connectivity index (χ4n) is 3.16. The molecule has 138 valence electrons. The van der Waals surface area contributed by atoms with Crippen LogP contribution in [0, 0.1) is 0 Å². The van der Waals surface area contributed by atoms with Gasteiger partial charge in [0.15, 0.2) is 0 Å². The van der Waals surface area contributed by atoms with Gasteiger partial charge in [0.05, 0.1) is 29.2 Å². The van der Waals surface area contributed by atoms with E-state index in [1.165, 1.54) is 23.5 Å². The Balaban J connectivity index is 1.80. The van der Waals surface area contributed by atoms with Gasteiger partial charge >= 0.3 is 0 Å². The van der Waals surface area contributed by atoms with Gasteiger partial charge in [0.1, 0.15) is 18.1 Å². The predicted octanol–water partition coefficient (Wildman–Crippen LogP) is 3.63. The minimum Gasteiger partial charge on any atom is -0.489 e. The Hall–Kier alpha value is -3.29. The zero-order valence-electron chi connectivity index (χ0n) is 14.4. The zero-order valence-corrected chi connectivity index (χ0v) is 14.4. The van der Waals surface area contributed by atoms with Gasteiger partial charge in [0, 0.05) is 12.4 Å². The summed E-state index contributed by atoms with van der Waals surface area (Å²) in [4.78, 5) is 18.6. The van der Waals surface area contributed by atoms with Crippen molar-refractivity contribution in [2.24, 2.45) is 0 Å². The fourth-order valence-corrected chi connectivity index (χ4v) is 3.16. The number of fused-ring (bicyclic) bond motifs is 1. The molecule has 2 aromatic heterocycles. The second-order valence-corrected chi connectivity index (χ2v) is 6.16. The molecular weight excluding hydrogens is 354 g/mol. The summed E-state index contributed by atoms with van der Waals surface area (Å²) in [5.74, 6) is 0.0120. The van der Waals surface area contributed by atoms with Crippen molar-refractivity contribution in [1.82, 2.24) is 14.8 Å². The van der Waals surface area contributed by atoms with Gasteiger partial charge in [-0.15, -0.1) is 0 Å². The van der Waals surface area contributed by atoms with Gasteiger partial charge in [-0.2, -0.15) is 5.10 Å². The van der Waals surface area contributed by atoms with Gasteiger partial charge in [-0.1, -0.05) is 12.1 Å². The monoisotopic (exact) mass is 370 g/mol. The summed E-state index contributed by atoms with van der Waals surface area (Å²) in [5.41, 5.74) is 0.389. The van der Waals surface area contributed by atoms with Crippen molar-refractivity contribution in [3.63, 3.8) is 0 Å². The number of ether oxygens (including phenoxy) is 1. The number of benzene rings is 1. The van der Waals surface area contributed by atoms with Crippen LogP contribution in [-0.4, -0.2) is 33.3 Å². The third-order valence-electron chi connectivity index (χ3n) is 4.42. The van der Waals surface area contributed by atoms with Crippen molar-refractivity contribution in [3.05, 3.63) is 66.2 Å². The van der Waals surface area contributed by atoms with Crippen LogP contribution in [0.2, 0.25) is 0 Å². The van der Waals surface area contributed by atoms with E-state index in [0.717, 1.165) is 4.68 Å². The summed E-state index contributed by atoms with van der Waals surface area (Å²) < 4.78 is 34.4. The molecule has 0 saturated heterocycles. The molecule has 1 amide bonds. The van der Waals surface area contributed by atoms with Crippen LogP contribution < -0.4 is 9.64 Å². The molecular formula is C19H16F2N4O2. The normalized spacial score (nSPS) is 16.1. The van der Waals surface area contributed by atoms with Crippen molar-refractivity contribution < 1.29 is 18.3 Å². The van der Waals surface area contributed by atoms with Gasteiger partial charge in [-0.25, -0.2) is 13.5 Å². The summed E-state index contributed by atoms with van der Waals surface area (Å²) in [5, 5.41) is 4.03. The highest BCUT2D eigenvalue weighted by atomic mass is 19.3. The smallest absolute Gasteiger partial charge is 0.281 e. The lowest BCUT2D eigenvalue weighted by Gasteiger charge is -2.35. The number of anilines is 1. The molecule has 0 spiro atoms. The SMILES string of the molecule is CC1COc2ccccc2N1C(=O)c1cnn(-c2ccncc2)c1C(F)F. The number of carbonyl (C=O) groups is 1. The molecule has 0 fully saturated rings. The standard InChI is InChI=1S/C19H16F2N4O2/c1-12-11-27-16-5-3-2-4-15(16)24(12)19(26)14-10-23-25(17(14)18(20)21)13-6-8-22-9-7-13/h2-10,12,18H,11H2,1H3. The quantitative estimate of drug-likeness (QED) is 0.706. The summed E-state index contributed by atoms with van der Waals surface area (Å²) in [6.07, 6.45) is 1.28. The Morgan fingerprint density at radius 2 is 1.96 bits per heavy atom. The van der Waals surface area contributed by atoms with Crippen molar-refractivity contribution in [3.8, 4) is 11.4 Å². The first-order valence-corrected chi connectivity index (χ1v) is 8.39. The number of para-hydroxylation sites is 2. The van der Waals surface area contributed by atoms with E-state index < -0.39 is 18.0 Å². The molecule has 1 aromatic carbocycles. The zero-order chi connectivity index (χ0) is 19.0. The van der Waals surface area contributed by atoms with Crippen molar-refractivity contribution in [2.45, 2.75) is 19.4 Å². The summed E-state index contributed by atoms with van der Waals surface area (Å²) in [6, 6.07) is 9.86. The first-order valence-electron chi connectivity index (χ1n) is 8.39. The molecule has 1 aliphatic heterocycles. The second-order valence-electron chi connectivity index (χ2n) is 6.16. The minimum absolute atomic E-state index is 0.134. The van der Waals surface area contributed by atoms with Crippen LogP contribution in [0.3, 0.4) is 0 Å². The van der Waals surface area contributed by atoms with Gasteiger partial charge in [-0.05, 0) is 31.2 Å². The second kappa shape index (κ2) is 6.79. The number of rotatable bonds is 3. The lowest BCUT2D eigenvalue weighted by atomic mass is 10.1. The van der Waals surface area contributed by atoms with Gasteiger partial charge in [0.25, 0.3) is 12.3 Å². The van der Waals surface area contributed by atoms with Crippen LogP contribution in [0.25, 0.3) is 5.69 Å². The fraction of sp³-hybridized carbons (Fsp3) is 0.211. The number of nitrogens with zero attached hydrogens (tertiary/aromatic N) is 4. The number of aromatic nitrogens is 3. The van der Waals surface area contributed by atoms with Gasteiger partial charge in [-0.3, -0.25) is 14.7 Å². The molecule has 1 unspecified atom stereocenters. The van der Waals surface area contributed by atoms with E-state index in [2.05, 4.69) is 10.1 Å². The molecule has 4 rings (SSSR count). The first-order chi connectivity index (χ1) is 13.1. The van der Waals surface area contributed by atoms with Gasteiger partial charge < -0.3 is 4.74 Å². The number of carbonyl (C=O) groups excluding carboxylic acids is 1. The molecule has 0 bridgehead atoms. The lowest BCUT2D eigenvalue weighted by molar-refractivity contribution is 0.0945. The van der Waals surface area contributed by atoms with E-state index in [0.29, 0.717) is 17.1 Å². The Kier molecular flexibility index (Phi) is 4.31. The van der Waals surface area contributed by atoms with Crippen LogP contribution in [0.15, 0.2) is 55.0 Å². The van der Waals surface area contributed by atoms with Crippen LogP contribution in [0.1, 0.15) is 29.4 Å². The summed E-state index contributed by atoms with van der Waals surface area (Å²) in [7, 11) is 0. The Bertz CT molecular complexity index is 975. The molecule has 27 heavy (non-hydrogen) atoms. The Morgan fingerprint density at radius 1 is 1.22 bits per heavy atom. The number of amides is 1. The van der Waals surface area contributed by atoms with Gasteiger partial charge in [0.2, 0.25) is 0 Å². The highest BCUT2D eigenvalue weighted by Gasteiger charge is 2.34. The third-order valence-corrected chi connectivity index (χ3v) is 4.42. The van der Waals surface area contributed by atoms with E-state index in [-0.39, 0.29) is 18.2 Å². The average molecular weight is 370 g/mol. The minimum atomic E-state index is -2.87. The highest BCUT2D eigenvalue weighted by Crippen LogP contribution is 2.36. The van der Waals surface area contributed by atoms with E-state index in [9.17, 15) is 13.6 Å².